The highest BCUT2D eigenvalue weighted by Gasteiger charge is 2.36. The zero-order chi connectivity index (χ0) is 18.2. The van der Waals surface area contributed by atoms with Crippen molar-refractivity contribution in [3.63, 3.8) is 0 Å². The molecule has 2 heterocycles. The average molecular weight is 377 g/mol. The molecule has 1 N–H and O–H groups in total. The highest BCUT2D eigenvalue weighted by Crippen LogP contribution is 2.34. The van der Waals surface area contributed by atoms with Gasteiger partial charge in [0.05, 0.1) is 17.5 Å². The highest BCUT2D eigenvalue weighted by atomic mass is 32.2. The van der Waals surface area contributed by atoms with Gasteiger partial charge in [-0.05, 0) is 30.7 Å². The van der Waals surface area contributed by atoms with Crippen molar-refractivity contribution < 1.29 is 22.0 Å². The van der Waals surface area contributed by atoms with Crippen molar-refractivity contribution in [2.24, 2.45) is 0 Å². The molecule has 0 spiro atoms. The van der Waals surface area contributed by atoms with Gasteiger partial charge < -0.3 is 9.88 Å². The van der Waals surface area contributed by atoms with E-state index in [2.05, 4.69) is 14.9 Å². The van der Waals surface area contributed by atoms with E-state index in [0.717, 1.165) is 23.5 Å². The van der Waals surface area contributed by atoms with E-state index in [4.69, 9.17) is 0 Å². The molecule has 0 saturated carbocycles. The van der Waals surface area contributed by atoms with E-state index in [1.165, 1.54) is 11.8 Å². The Morgan fingerprint density at radius 1 is 1.28 bits per heavy atom. The van der Waals surface area contributed by atoms with Crippen LogP contribution in [0.25, 0.3) is 0 Å². The maximum absolute atomic E-state index is 14.0. The number of hydrogen-bond acceptors (Lipinski definition) is 3. The molecule has 1 aliphatic heterocycles. The molecule has 1 aromatic carbocycles. The quantitative estimate of drug-likeness (QED) is 0.640. The van der Waals surface area contributed by atoms with Crippen LogP contribution in [0.3, 0.4) is 0 Å². The SMILES string of the molecule is CSc1ncc2n1CCNC2CCc1ccc(C(F)(F)F)c(F)c1F. The van der Waals surface area contributed by atoms with Crippen LogP contribution in [0.1, 0.15) is 29.3 Å². The van der Waals surface area contributed by atoms with Crippen molar-refractivity contribution in [1.29, 1.82) is 0 Å². The molecule has 136 valence electrons. The summed E-state index contributed by atoms with van der Waals surface area (Å²) in [5.41, 5.74) is -0.690. The Hall–Kier alpha value is -1.61. The molecule has 3 nitrogen and oxygen atoms in total. The van der Waals surface area contributed by atoms with E-state index < -0.39 is 23.4 Å². The molecule has 0 amide bonds. The van der Waals surface area contributed by atoms with Gasteiger partial charge in [-0.3, -0.25) is 0 Å². The van der Waals surface area contributed by atoms with Gasteiger partial charge in [-0.1, -0.05) is 17.8 Å². The lowest BCUT2D eigenvalue weighted by atomic mass is 10.00. The summed E-state index contributed by atoms with van der Waals surface area (Å²) >= 11 is 1.52. The van der Waals surface area contributed by atoms with Crippen molar-refractivity contribution in [3.8, 4) is 0 Å². The number of rotatable bonds is 4. The van der Waals surface area contributed by atoms with Crippen LogP contribution in [0, 0.1) is 11.6 Å². The number of hydrogen-bond donors (Lipinski definition) is 1. The third kappa shape index (κ3) is 3.52. The number of alkyl halides is 3. The molecule has 0 bridgehead atoms. The summed E-state index contributed by atoms with van der Waals surface area (Å²) in [4.78, 5) is 4.32. The summed E-state index contributed by atoms with van der Waals surface area (Å²) in [5, 5.41) is 4.17. The van der Waals surface area contributed by atoms with Crippen molar-refractivity contribution in [3.05, 3.63) is 46.8 Å². The molecule has 1 aliphatic rings. The summed E-state index contributed by atoms with van der Waals surface area (Å²) < 4.78 is 67.6. The van der Waals surface area contributed by atoms with E-state index in [0.29, 0.717) is 19.0 Å². The first-order valence-corrected chi connectivity index (χ1v) is 8.92. The first-order chi connectivity index (χ1) is 11.8. The third-order valence-corrected chi connectivity index (χ3v) is 4.98. The molecule has 0 radical (unpaired) electrons. The van der Waals surface area contributed by atoms with Gasteiger partial charge in [0.15, 0.2) is 16.8 Å². The molecular weight excluding hydrogens is 361 g/mol. The van der Waals surface area contributed by atoms with Gasteiger partial charge in [-0.25, -0.2) is 13.8 Å². The molecule has 0 saturated heterocycles. The van der Waals surface area contributed by atoms with Crippen molar-refractivity contribution in [1.82, 2.24) is 14.9 Å². The minimum atomic E-state index is -4.91. The fourth-order valence-electron chi connectivity index (χ4n) is 3.04. The first kappa shape index (κ1) is 18.2. The lowest BCUT2D eigenvalue weighted by Gasteiger charge is -2.26. The zero-order valence-electron chi connectivity index (χ0n) is 13.3. The predicted molar refractivity (Wildman–Crippen MR) is 84.4 cm³/mol. The molecule has 3 rings (SSSR count). The number of imidazole rings is 1. The molecular formula is C16H16F5N3S. The topological polar surface area (TPSA) is 29.9 Å². The van der Waals surface area contributed by atoms with Gasteiger partial charge in [-0.2, -0.15) is 13.2 Å². The largest absolute Gasteiger partial charge is 0.419 e. The molecule has 0 fully saturated rings. The average Bonchev–Trinajstić information content (AvgIpc) is 2.98. The lowest BCUT2D eigenvalue weighted by molar-refractivity contribution is -0.140. The normalized spacial score (nSPS) is 17.6. The Balaban J connectivity index is 1.77. The van der Waals surface area contributed by atoms with Crippen LogP contribution in [-0.2, 0) is 19.1 Å². The van der Waals surface area contributed by atoms with Crippen LogP contribution >= 0.6 is 11.8 Å². The number of benzene rings is 1. The Kier molecular flexibility index (Phi) is 5.06. The van der Waals surface area contributed by atoms with Gasteiger partial charge >= 0.3 is 6.18 Å². The Labute approximate surface area is 145 Å². The number of nitrogens with zero attached hydrogens (tertiary/aromatic N) is 2. The molecule has 1 atom stereocenters. The zero-order valence-corrected chi connectivity index (χ0v) is 14.1. The van der Waals surface area contributed by atoms with Crippen LogP contribution in [0.15, 0.2) is 23.5 Å². The number of halogens is 5. The number of aromatic nitrogens is 2. The lowest BCUT2D eigenvalue weighted by Crippen LogP contribution is -2.33. The Morgan fingerprint density at radius 2 is 2.04 bits per heavy atom. The summed E-state index contributed by atoms with van der Waals surface area (Å²) in [7, 11) is 0. The summed E-state index contributed by atoms with van der Waals surface area (Å²) in [6.07, 6.45) is -0.686. The van der Waals surface area contributed by atoms with Crippen molar-refractivity contribution in [2.45, 2.75) is 36.8 Å². The van der Waals surface area contributed by atoms with E-state index in [1.807, 2.05) is 6.26 Å². The molecule has 9 heteroatoms. The molecule has 1 aromatic heterocycles. The second kappa shape index (κ2) is 6.95. The van der Waals surface area contributed by atoms with Crippen molar-refractivity contribution in [2.75, 3.05) is 12.8 Å². The Bertz CT molecular complexity index is 772. The molecule has 1 unspecified atom stereocenters. The van der Waals surface area contributed by atoms with Gasteiger partial charge in [0.2, 0.25) is 0 Å². The highest BCUT2D eigenvalue weighted by molar-refractivity contribution is 7.98. The number of nitrogens with one attached hydrogen (secondary N) is 1. The maximum Gasteiger partial charge on any atom is 0.419 e. The standard InChI is InChI=1S/C16H16F5N3S/c1-25-15-23-8-12-11(22-6-7-24(12)15)5-3-9-2-4-10(16(19,20)21)14(18)13(9)17/h2,4,8,11,22H,3,5-7H2,1H3. The fourth-order valence-corrected chi connectivity index (χ4v) is 3.62. The minimum Gasteiger partial charge on any atom is -0.320 e. The van der Waals surface area contributed by atoms with Gasteiger partial charge in [-0.15, -0.1) is 0 Å². The smallest absolute Gasteiger partial charge is 0.320 e. The van der Waals surface area contributed by atoms with Crippen LogP contribution in [0.4, 0.5) is 22.0 Å². The van der Waals surface area contributed by atoms with Gasteiger partial charge in [0.1, 0.15) is 0 Å². The second-order valence-electron chi connectivity index (χ2n) is 5.76. The fraction of sp³-hybridized carbons (Fsp3) is 0.438. The summed E-state index contributed by atoms with van der Waals surface area (Å²) in [6, 6.07) is 1.50. The van der Waals surface area contributed by atoms with E-state index in [-0.39, 0.29) is 18.0 Å². The second-order valence-corrected chi connectivity index (χ2v) is 6.54. The van der Waals surface area contributed by atoms with Gasteiger partial charge in [0.25, 0.3) is 0 Å². The molecule has 25 heavy (non-hydrogen) atoms. The monoisotopic (exact) mass is 377 g/mol. The van der Waals surface area contributed by atoms with Crippen LogP contribution in [0.2, 0.25) is 0 Å². The Morgan fingerprint density at radius 3 is 2.72 bits per heavy atom. The van der Waals surface area contributed by atoms with Crippen LogP contribution in [0.5, 0.6) is 0 Å². The number of fused-ring (bicyclic) bond motifs is 1. The van der Waals surface area contributed by atoms with E-state index in [1.54, 1.807) is 6.20 Å². The molecule has 0 aliphatic carbocycles. The van der Waals surface area contributed by atoms with Crippen LogP contribution < -0.4 is 5.32 Å². The maximum atomic E-state index is 14.0. The summed E-state index contributed by atoms with van der Waals surface area (Å²) in [5.74, 6) is -3.26. The summed E-state index contributed by atoms with van der Waals surface area (Å²) in [6.45, 7) is 1.48. The van der Waals surface area contributed by atoms with E-state index >= 15 is 0 Å². The number of aryl methyl sites for hydroxylation is 1. The van der Waals surface area contributed by atoms with Crippen LogP contribution in [-0.4, -0.2) is 22.4 Å². The number of thioether (sulfide) groups is 1. The minimum absolute atomic E-state index is 0.0611. The molecule has 2 aromatic rings. The van der Waals surface area contributed by atoms with E-state index in [9.17, 15) is 22.0 Å². The third-order valence-electron chi connectivity index (χ3n) is 4.29. The first-order valence-electron chi connectivity index (χ1n) is 7.69. The predicted octanol–water partition coefficient (Wildman–Crippen LogP) is 4.18. The van der Waals surface area contributed by atoms with Crippen molar-refractivity contribution >= 4 is 11.8 Å². The van der Waals surface area contributed by atoms with Gasteiger partial charge in [0, 0.05) is 19.1 Å².